The quantitative estimate of drug-likeness (QED) is 0.211. The summed E-state index contributed by atoms with van der Waals surface area (Å²) in [5.41, 5.74) is -0.196. The molecule has 1 fully saturated rings. The lowest BCUT2D eigenvalue weighted by atomic mass is 9.97. The molecule has 5 atom stereocenters. The third-order valence-electron chi connectivity index (χ3n) is 7.10. The maximum atomic E-state index is 13.6. The van der Waals surface area contributed by atoms with Crippen molar-refractivity contribution in [3.05, 3.63) is 23.8 Å². The third-order valence-corrected chi connectivity index (χ3v) is 7.10. The number of benzene rings is 1. The molecule has 0 radical (unpaired) electrons. The molecule has 216 valence electrons. The van der Waals surface area contributed by atoms with Crippen LogP contribution in [0.15, 0.2) is 18.2 Å². The highest BCUT2D eigenvalue weighted by atomic mass is 16.4. The number of phenolic OH excluding ortho intramolecular Hbond substituents is 2. The molecular weight excluding hydrogens is 508 g/mol. The molecular formula is C27H40N4O8. The fraction of sp³-hybridized carbons (Fsp3) is 0.593. The van der Waals surface area contributed by atoms with Crippen molar-refractivity contribution in [2.75, 3.05) is 6.54 Å². The van der Waals surface area contributed by atoms with Gasteiger partial charge in [0.25, 0.3) is 5.91 Å². The van der Waals surface area contributed by atoms with E-state index < -0.39 is 53.8 Å². The summed E-state index contributed by atoms with van der Waals surface area (Å²) in [6.45, 7) is 8.97. The number of carbonyl (C=O) groups excluding carboxylic acids is 4. The maximum absolute atomic E-state index is 13.6. The van der Waals surface area contributed by atoms with Gasteiger partial charge in [-0.25, -0.2) is 4.79 Å². The predicted molar refractivity (Wildman–Crippen MR) is 142 cm³/mol. The van der Waals surface area contributed by atoms with Gasteiger partial charge in [-0.3, -0.25) is 19.2 Å². The number of phenols is 2. The third kappa shape index (κ3) is 7.84. The van der Waals surface area contributed by atoms with Crippen molar-refractivity contribution in [3.8, 4) is 11.5 Å². The number of carbonyl (C=O) groups is 5. The van der Waals surface area contributed by atoms with Crippen molar-refractivity contribution in [1.82, 2.24) is 20.9 Å². The summed E-state index contributed by atoms with van der Waals surface area (Å²) in [6.07, 6.45) is 1.60. The summed E-state index contributed by atoms with van der Waals surface area (Å²) < 4.78 is 0. The number of carboxylic acid groups (broad SMARTS) is 1. The van der Waals surface area contributed by atoms with Gasteiger partial charge >= 0.3 is 5.97 Å². The Balaban J connectivity index is 2.21. The van der Waals surface area contributed by atoms with Crippen LogP contribution in [0.2, 0.25) is 0 Å². The van der Waals surface area contributed by atoms with Crippen LogP contribution in [0.1, 0.15) is 70.7 Å². The number of rotatable bonds is 12. The van der Waals surface area contributed by atoms with E-state index in [2.05, 4.69) is 16.0 Å². The van der Waals surface area contributed by atoms with Gasteiger partial charge in [0, 0.05) is 6.54 Å². The lowest BCUT2D eigenvalue weighted by Crippen LogP contribution is -2.59. The zero-order valence-corrected chi connectivity index (χ0v) is 23.1. The molecule has 0 aliphatic carbocycles. The van der Waals surface area contributed by atoms with E-state index >= 15 is 0 Å². The van der Waals surface area contributed by atoms with Crippen LogP contribution >= 0.6 is 0 Å². The Morgan fingerprint density at radius 1 is 0.974 bits per heavy atom. The molecule has 12 nitrogen and oxygen atoms in total. The van der Waals surface area contributed by atoms with Gasteiger partial charge in [-0.15, -0.1) is 0 Å². The lowest BCUT2D eigenvalue weighted by molar-refractivity contribution is -0.143. The second-order valence-electron chi connectivity index (χ2n) is 10.3. The number of amides is 4. The highest BCUT2D eigenvalue weighted by Gasteiger charge is 2.40. The minimum Gasteiger partial charge on any atom is -0.508 e. The maximum Gasteiger partial charge on any atom is 0.326 e. The summed E-state index contributed by atoms with van der Waals surface area (Å²) in [7, 11) is 0. The van der Waals surface area contributed by atoms with Crippen LogP contribution in [0.5, 0.6) is 11.5 Å². The Kier molecular flexibility index (Phi) is 11.1. The number of aliphatic carboxylic acids is 1. The van der Waals surface area contributed by atoms with Gasteiger partial charge in [0.15, 0.2) is 0 Å². The highest BCUT2D eigenvalue weighted by Crippen LogP contribution is 2.24. The summed E-state index contributed by atoms with van der Waals surface area (Å²) in [4.78, 5) is 65.5. The van der Waals surface area contributed by atoms with Crippen molar-refractivity contribution >= 4 is 29.6 Å². The summed E-state index contributed by atoms with van der Waals surface area (Å²) in [5, 5.41) is 36.8. The van der Waals surface area contributed by atoms with Crippen molar-refractivity contribution in [3.63, 3.8) is 0 Å². The van der Waals surface area contributed by atoms with Gasteiger partial charge in [0.05, 0.1) is 5.56 Å². The van der Waals surface area contributed by atoms with Crippen LogP contribution in [-0.2, 0) is 19.2 Å². The summed E-state index contributed by atoms with van der Waals surface area (Å²) in [5.74, 6) is -4.82. The first-order chi connectivity index (χ1) is 18.3. The van der Waals surface area contributed by atoms with Gasteiger partial charge in [0.2, 0.25) is 17.7 Å². The molecule has 1 saturated heterocycles. The van der Waals surface area contributed by atoms with Crippen LogP contribution in [0.3, 0.4) is 0 Å². The molecule has 39 heavy (non-hydrogen) atoms. The first-order valence-corrected chi connectivity index (χ1v) is 13.3. The molecule has 0 unspecified atom stereocenters. The molecule has 12 heteroatoms. The molecule has 1 aromatic carbocycles. The molecule has 0 aromatic heterocycles. The Bertz CT molecular complexity index is 1080. The largest absolute Gasteiger partial charge is 0.508 e. The zero-order chi connectivity index (χ0) is 29.4. The summed E-state index contributed by atoms with van der Waals surface area (Å²) in [6, 6.07) is -0.517. The normalized spacial score (nSPS) is 18.1. The highest BCUT2D eigenvalue weighted by molar-refractivity contribution is 6.01. The lowest BCUT2D eigenvalue weighted by Gasteiger charge is -2.32. The van der Waals surface area contributed by atoms with Gasteiger partial charge in [-0.05, 0) is 49.3 Å². The van der Waals surface area contributed by atoms with Crippen molar-refractivity contribution < 1.29 is 39.3 Å². The van der Waals surface area contributed by atoms with Crippen molar-refractivity contribution in [1.29, 1.82) is 0 Å². The second kappa shape index (κ2) is 13.8. The number of hydrogen-bond donors (Lipinski definition) is 6. The Morgan fingerprint density at radius 3 is 2.21 bits per heavy atom. The Morgan fingerprint density at radius 2 is 1.64 bits per heavy atom. The first kappa shape index (κ1) is 31.4. The molecule has 2 rings (SSSR count). The topological polar surface area (TPSA) is 185 Å². The van der Waals surface area contributed by atoms with Gasteiger partial charge < -0.3 is 36.2 Å². The summed E-state index contributed by atoms with van der Waals surface area (Å²) >= 11 is 0. The van der Waals surface area contributed by atoms with Crippen molar-refractivity contribution in [2.45, 2.75) is 84.5 Å². The van der Waals surface area contributed by atoms with Crippen LogP contribution in [0.25, 0.3) is 0 Å². The molecule has 1 aliphatic heterocycles. The number of aromatic hydroxyl groups is 2. The standard InChI is InChI=1S/C27H40N4O8/c1-6-15(5)22(25(36)28-18(7-2)27(38)39)30-24(35)19-9-8-12-31(19)26(37)21(14(3)4)29-23(34)17-13-16(32)10-11-20(17)33/h10-11,13-15,18-19,21-22,32-33H,6-9,12H2,1-5H3,(H,28,36)(H,29,34)(H,30,35)(H,38,39)/t15-,18-,19-,21-,22-/m0/s1. The minimum atomic E-state index is -1.17. The molecule has 0 saturated carbocycles. The first-order valence-electron chi connectivity index (χ1n) is 13.3. The van der Waals surface area contributed by atoms with Gasteiger partial charge in [0.1, 0.15) is 35.7 Å². The Labute approximate surface area is 228 Å². The monoisotopic (exact) mass is 548 g/mol. The van der Waals surface area contributed by atoms with E-state index in [0.717, 1.165) is 6.07 Å². The molecule has 4 amide bonds. The molecule has 0 bridgehead atoms. The van der Waals surface area contributed by atoms with Crippen LogP contribution in [0, 0.1) is 11.8 Å². The molecule has 1 aromatic rings. The van der Waals surface area contributed by atoms with Crippen LogP contribution < -0.4 is 16.0 Å². The number of likely N-dealkylation sites (tertiary alicyclic amines) is 1. The fourth-order valence-corrected chi connectivity index (χ4v) is 4.47. The van der Waals surface area contributed by atoms with Gasteiger partial charge in [-0.1, -0.05) is 41.0 Å². The smallest absolute Gasteiger partial charge is 0.326 e. The second-order valence-corrected chi connectivity index (χ2v) is 10.3. The number of nitrogens with zero attached hydrogens (tertiary/aromatic N) is 1. The number of nitrogens with one attached hydrogen (secondary N) is 3. The number of hydrogen-bond acceptors (Lipinski definition) is 7. The fourth-order valence-electron chi connectivity index (χ4n) is 4.47. The zero-order valence-electron chi connectivity index (χ0n) is 23.1. The Hall–Kier alpha value is -3.83. The molecule has 0 spiro atoms. The van der Waals surface area contributed by atoms with Gasteiger partial charge in [-0.2, -0.15) is 0 Å². The van der Waals surface area contributed by atoms with E-state index in [4.69, 9.17) is 0 Å². The minimum absolute atomic E-state index is 0.176. The van der Waals surface area contributed by atoms with Crippen molar-refractivity contribution in [2.24, 2.45) is 11.8 Å². The van der Waals surface area contributed by atoms with Crippen LogP contribution in [-0.4, -0.2) is 80.5 Å². The van der Waals surface area contributed by atoms with E-state index in [1.54, 1.807) is 27.7 Å². The van der Waals surface area contributed by atoms with Crippen LogP contribution in [0.4, 0.5) is 0 Å². The average molecular weight is 549 g/mol. The molecule has 6 N–H and O–H groups in total. The molecule has 1 aliphatic rings. The van der Waals surface area contributed by atoms with E-state index in [-0.39, 0.29) is 41.9 Å². The van der Waals surface area contributed by atoms with E-state index in [9.17, 15) is 39.3 Å². The van der Waals surface area contributed by atoms with E-state index in [1.165, 1.54) is 17.0 Å². The van der Waals surface area contributed by atoms with E-state index in [0.29, 0.717) is 19.3 Å². The molecule has 1 heterocycles. The SMILES string of the molecule is CC[C@H](NC(=O)[C@@H](NC(=O)[C@@H]1CCCN1C(=O)[C@@H](NC(=O)c1cc(O)ccc1O)C(C)C)[C@@H](C)CC)C(=O)O. The predicted octanol–water partition coefficient (Wildman–Crippen LogP) is 1.35. The average Bonchev–Trinajstić information content (AvgIpc) is 3.39. The number of carboxylic acids is 1. The van der Waals surface area contributed by atoms with E-state index in [1.807, 2.05) is 6.92 Å².